The Kier molecular flexibility index (Phi) is 6.09. The predicted octanol–water partition coefficient (Wildman–Crippen LogP) is 3.44. The van der Waals surface area contributed by atoms with Gasteiger partial charge in [0.2, 0.25) is 5.95 Å². The molecule has 0 bridgehead atoms. The fraction of sp³-hybridized carbons (Fsp3) is 0.391. The molecule has 0 saturated carbocycles. The van der Waals surface area contributed by atoms with Crippen LogP contribution < -0.4 is 10.9 Å². The molecule has 0 unspecified atom stereocenters. The number of carbonyl (C=O) groups is 1. The number of carbonyl (C=O) groups excluding carboxylic acids is 1. The molecular weight excluding hydrogens is 410 g/mol. The van der Waals surface area contributed by atoms with E-state index in [1.165, 1.54) is 6.07 Å². The summed E-state index contributed by atoms with van der Waals surface area (Å²) >= 11 is 0. The number of pyridine rings is 1. The Bertz CT molecular complexity index is 1180. The van der Waals surface area contributed by atoms with Gasteiger partial charge in [0, 0.05) is 48.7 Å². The Labute approximate surface area is 185 Å². The molecule has 168 valence electrons. The van der Waals surface area contributed by atoms with Gasteiger partial charge in [-0.1, -0.05) is 0 Å². The van der Waals surface area contributed by atoms with E-state index in [4.69, 9.17) is 4.42 Å². The monoisotopic (exact) mass is 437 g/mol. The number of amides is 2. The molecule has 4 heterocycles. The average molecular weight is 438 g/mol. The number of hydrogen-bond donors (Lipinski definition) is 2. The number of furan rings is 1. The number of rotatable bonds is 4. The summed E-state index contributed by atoms with van der Waals surface area (Å²) in [5.74, 6) is 1.43. The van der Waals surface area contributed by atoms with Crippen LogP contribution in [0.2, 0.25) is 0 Å². The van der Waals surface area contributed by atoms with Crippen LogP contribution in [0, 0.1) is 6.92 Å². The van der Waals surface area contributed by atoms with E-state index in [1.54, 1.807) is 27.9 Å². The maximum absolute atomic E-state index is 12.6. The fourth-order valence-electron chi connectivity index (χ4n) is 3.71. The van der Waals surface area contributed by atoms with Gasteiger partial charge < -0.3 is 19.0 Å². The second-order valence-electron chi connectivity index (χ2n) is 8.27. The lowest BCUT2D eigenvalue weighted by atomic mass is 10.1. The van der Waals surface area contributed by atoms with Crippen molar-refractivity contribution in [3.8, 4) is 22.6 Å². The summed E-state index contributed by atoms with van der Waals surface area (Å²) < 4.78 is 7.46. The Hall–Kier alpha value is -3.46. The summed E-state index contributed by atoms with van der Waals surface area (Å²) in [6.45, 7) is 6.68. The first-order chi connectivity index (χ1) is 15.3. The lowest BCUT2D eigenvalue weighted by Crippen LogP contribution is -2.42. The molecule has 1 fully saturated rings. The molecule has 2 N–H and O–H groups in total. The normalized spacial score (nSPS) is 14.7. The summed E-state index contributed by atoms with van der Waals surface area (Å²) in [7, 11) is 0. The molecule has 32 heavy (non-hydrogen) atoms. The third kappa shape index (κ3) is 4.57. The van der Waals surface area contributed by atoms with Crippen LogP contribution in [0.4, 0.5) is 10.7 Å². The molecule has 3 aromatic rings. The predicted molar refractivity (Wildman–Crippen MR) is 120 cm³/mol. The average Bonchev–Trinajstić information content (AvgIpc) is 3.20. The van der Waals surface area contributed by atoms with Crippen LogP contribution in [0.25, 0.3) is 22.6 Å². The van der Waals surface area contributed by atoms with Gasteiger partial charge in [-0.2, -0.15) is 0 Å². The van der Waals surface area contributed by atoms with Gasteiger partial charge in [-0.05, 0) is 51.8 Å². The lowest BCUT2D eigenvalue weighted by molar-refractivity contribution is 0.0971. The number of anilines is 1. The largest absolute Gasteiger partial charge is 0.460 e. The summed E-state index contributed by atoms with van der Waals surface area (Å²) in [5.41, 5.74) is 1.89. The van der Waals surface area contributed by atoms with Crippen LogP contribution in [0.1, 0.15) is 38.5 Å². The second-order valence-corrected chi connectivity index (χ2v) is 8.27. The number of aliphatic hydroxyl groups excluding tert-OH is 1. The number of nitrogens with one attached hydrogen (secondary N) is 1. The highest BCUT2D eigenvalue weighted by Crippen LogP contribution is 2.32. The fourth-order valence-corrected chi connectivity index (χ4v) is 3.71. The molecule has 4 rings (SSSR count). The van der Waals surface area contributed by atoms with Gasteiger partial charge in [-0.3, -0.25) is 10.1 Å². The Morgan fingerprint density at radius 2 is 1.97 bits per heavy atom. The molecule has 1 aliphatic heterocycles. The van der Waals surface area contributed by atoms with Crippen molar-refractivity contribution in [1.82, 2.24) is 19.4 Å². The highest BCUT2D eigenvalue weighted by Gasteiger charge is 2.23. The van der Waals surface area contributed by atoms with Gasteiger partial charge in [0.25, 0.3) is 5.56 Å². The smallest absolute Gasteiger partial charge is 0.324 e. The van der Waals surface area contributed by atoms with Crippen LogP contribution >= 0.6 is 0 Å². The van der Waals surface area contributed by atoms with E-state index in [9.17, 15) is 14.7 Å². The molecule has 0 atom stereocenters. The number of urea groups is 1. The minimum absolute atomic E-state index is 0.000650. The number of nitrogens with zero attached hydrogens (tertiary/aromatic N) is 4. The molecule has 0 radical (unpaired) electrons. The molecule has 9 heteroatoms. The first-order valence-electron chi connectivity index (χ1n) is 10.7. The number of aromatic nitrogens is 3. The number of hydrogen-bond acceptors (Lipinski definition) is 6. The molecule has 1 aliphatic rings. The summed E-state index contributed by atoms with van der Waals surface area (Å²) in [6.07, 6.45) is 4.14. The van der Waals surface area contributed by atoms with Crippen molar-refractivity contribution in [3.05, 3.63) is 52.8 Å². The van der Waals surface area contributed by atoms with E-state index in [-0.39, 0.29) is 29.7 Å². The highest BCUT2D eigenvalue weighted by atomic mass is 16.3. The Morgan fingerprint density at radius 1 is 1.22 bits per heavy atom. The highest BCUT2D eigenvalue weighted by molar-refractivity contribution is 5.88. The third-order valence-corrected chi connectivity index (χ3v) is 5.54. The van der Waals surface area contributed by atoms with Crippen LogP contribution in [-0.4, -0.2) is 49.8 Å². The SMILES string of the molecule is Cc1ccc(-c2nc(NC(=O)N3CCC(O)CC3)ncc2-c2ccc(=O)n(C(C)C)c2)o1. The minimum atomic E-state index is -0.363. The Balaban J connectivity index is 1.70. The van der Waals surface area contributed by atoms with E-state index in [0.717, 1.165) is 11.3 Å². The maximum Gasteiger partial charge on any atom is 0.324 e. The number of likely N-dealkylation sites (tertiary alicyclic amines) is 1. The van der Waals surface area contributed by atoms with E-state index < -0.39 is 0 Å². The van der Waals surface area contributed by atoms with Crippen molar-refractivity contribution in [1.29, 1.82) is 0 Å². The van der Waals surface area contributed by atoms with Gasteiger partial charge in [0.05, 0.1) is 6.10 Å². The second kappa shape index (κ2) is 8.96. The maximum atomic E-state index is 12.6. The lowest BCUT2D eigenvalue weighted by Gasteiger charge is -2.29. The summed E-state index contributed by atoms with van der Waals surface area (Å²) in [6, 6.07) is 6.60. The number of piperidine rings is 1. The van der Waals surface area contributed by atoms with Gasteiger partial charge in [-0.25, -0.2) is 14.8 Å². The molecule has 0 aliphatic carbocycles. The summed E-state index contributed by atoms with van der Waals surface area (Å²) in [4.78, 5) is 35.4. The zero-order valence-corrected chi connectivity index (χ0v) is 18.4. The first-order valence-corrected chi connectivity index (χ1v) is 10.7. The van der Waals surface area contributed by atoms with Gasteiger partial charge in [0.1, 0.15) is 11.5 Å². The van der Waals surface area contributed by atoms with E-state index in [2.05, 4.69) is 15.3 Å². The molecule has 9 nitrogen and oxygen atoms in total. The standard InChI is InChI=1S/C23H27N5O4/c1-14(2)28-13-16(5-7-20(28)30)18-12-24-22(25-21(18)19-6-4-15(3)32-19)26-23(31)27-10-8-17(29)9-11-27/h4-7,12-14,17,29H,8-11H2,1-3H3,(H,24,25,26,31). The van der Waals surface area contributed by atoms with Crippen LogP contribution in [-0.2, 0) is 0 Å². The minimum Gasteiger partial charge on any atom is -0.460 e. The third-order valence-electron chi connectivity index (χ3n) is 5.54. The topological polar surface area (TPSA) is 113 Å². The Morgan fingerprint density at radius 3 is 2.62 bits per heavy atom. The van der Waals surface area contributed by atoms with Crippen molar-refractivity contribution in [3.63, 3.8) is 0 Å². The van der Waals surface area contributed by atoms with E-state index in [1.807, 2.05) is 32.9 Å². The van der Waals surface area contributed by atoms with Crippen molar-refractivity contribution >= 4 is 12.0 Å². The van der Waals surface area contributed by atoms with Gasteiger partial charge in [0.15, 0.2) is 5.76 Å². The van der Waals surface area contributed by atoms with Crippen LogP contribution in [0.3, 0.4) is 0 Å². The molecule has 1 saturated heterocycles. The summed E-state index contributed by atoms with van der Waals surface area (Å²) in [5, 5.41) is 12.4. The van der Waals surface area contributed by atoms with Crippen molar-refractivity contribution < 1.29 is 14.3 Å². The molecule has 0 aromatic carbocycles. The van der Waals surface area contributed by atoms with Gasteiger partial charge in [-0.15, -0.1) is 0 Å². The van der Waals surface area contributed by atoms with Gasteiger partial charge >= 0.3 is 6.03 Å². The first kappa shape index (κ1) is 21.8. The quantitative estimate of drug-likeness (QED) is 0.646. The zero-order valence-electron chi connectivity index (χ0n) is 18.4. The molecule has 3 aromatic heterocycles. The van der Waals surface area contributed by atoms with Crippen molar-refractivity contribution in [2.45, 2.75) is 45.8 Å². The molecule has 0 spiro atoms. The molecule has 2 amide bonds. The van der Waals surface area contributed by atoms with Crippen molar-refractivity contribution in [2.75, 3.05) is 18.4 Å². The molecular formula is C23H27N5O4. The zero-order chi connectivity index (χ0) is 22.8. The van der Waals surface area contributed by atoms with Crippen LogP contribution in [0.5, 0.6) is 0 Å². The number of aliphatic hydroxyl groups is 1. The van der Waals surface area contributed by atoms with E-state index >= 15 is 0 Å². The van der Waals surface area contributed by atoms with Crippen molar-refractivity contribution in [2.24, 2.45) is 0 Å². The number of aryl methyl sites for hydroxylation is 1. The van der Waals surface area contributed by atoms with E-state index in [0.29, 0.717) is 42.9 Å². The van der Waals surface area contributed by atoms with Crippen LogP contribution in [0.15, 0.2) is 45.9 Å².